The summed E-state index contributed by atoms with van der Waals surface area (Å²) >= 11 is 0. The summed E-state index contributed by atoms with van der Waals surface area (Å²) in [5, 5.41) is 3.11. The minimum atomic E-state index is -0.511. The van der Waals surface area contributed by atoms with E-state index in [1.54, 1.807) is 36.3 Å². The Hall–Kier alpha value is -2.97. The molecule has 2 aliphatic heterocycles. The number of rotatable bonds is 8. The van der Waals surface area contributed by atoms with Crippen molar-refractivity contribution in [3.63, 3.8) is 0 Å². The van der Waals surface area contributed by atoms with Crippen molar-refractivity contribution >= 4 is 17.5 Å². The SMILES string of the molecule is COc1ccc(N2C(=O)CC[C@@H](C(=O)NCCCN3CCN(C)CC3)[C@H]2c2ccc(F)cc2)cc1. The molecular weight excluding hydrogens is 447 g/mol. The average molecular weight is 483 g/mol. The summed E-state index contributed by atoms with van der Waals surface area (Å²) in [6.07, 6.45) is 1.62. The van der Waals surface area contributed by atoms with Crippen LogP contribution in [0, 0.1) is 11.7 Å². The second kappa shape index (κ2) is 11.6. The Morgan fingerprint density at radius 3 is 2.40 bits per heavy atom. The number of likely N-dealkylation sites (N-methyl/N-ethyl adjacent to an activating group) is 1. The lowest BCUT2D eigenvalue weighted by molar-refractivity contribution is -0.129. The molecule has 188 valence electrons. The standard InChI is InChI=1S/C27H35FN4O3/c1-30-16-18-31(19-17-30)15-3-14-29-27(34)24-12-13-25(33)32(22-8-10-23(35-2)11-9-22)26(24)20-4-6-21(28)7-5-20/h4-11,24,26H,3,12-19H2,1-2H3,(H,29,34)/t24-,26-/m1/s1. The third-order valence-electron chi connectivity index (χ3n) is 7.04. The lowest BCUT2D eigenvalue weighted by Crippen LogP contribution is -2.49. The third kappa shape index (κ3) is 6.18. The van der Waals surface area contributed by atoms with E-state index >= 15 is 0 Å². The van der Waals surface area contributed by atoms with Gasteiger partial charge in [0.2, 0.25) is 11.8 Å². The maximum atomic E-state index is 13.7. The second-order valence-electron chi connectivity index (χ2n) is 9.39. The number of carbonyl (C=O) groups is 2. The summed E-state index contributed by atoms with van der Waals surface area (Å²) in [6, 6.07) is 12.8. The van der Waals surface area contributed by atoms with Crippen molar-refractivity contribution in [2.45, 2.75) is 25.3 Å². The topological polar surface area (TPSA) is 65.1 Å². The number of halogens is 1. The van der Waals surface area contributed by atoms with E-state index in [2.05, 4.69) is 22.2 Å². The number of ether oxygens (including phenoxy) is 1. The average Bonchev–Trinajstić information content (AvgIpc) is 2.88. The van der Waals surface area contributed by atoms with E-state index in [1.165, 1.54) is 12.1 Å². The molecule has 4 rings (SSSR count). The molecular formula is C27H35FN4O3. The molecule has 0 unspecified atom stereocenters. The summed E-state index contributed by atoms with van der Waals surface area (Å²) in [5.41, 5.74) is 1.44. The molecule has 0 aliphatic carbocycles. The van der Waals surface area contributed by atoms with Gasteiger partial charge in [-0.3, -0.25) is 9.59 Å². The third-order valence-corrected chi connectivity index (χ3v) is 7.04. The molecule has 0 aromatic heterocycles. The van der Waals surface area contributed by atoms with Crippen LogP contribution in [0.25, 0.3) is 0 Å². The molecule has 2 saturated heterocycles. The van der Waals surface area contributed by atoms with Crippen molar-refractivity contribution in [2.75, 3.05) is 58.3 Å². The Bertz CT molecular complexity index is 990. The zero-order valence-electron chi connectivity index (χ0n) is 20.6. The lowest BCUT2D eigenvalue weighted by Gasteiger charge is -2.41. The maximum absolute atomic E-state index is 13.7. The van der Waals surface area contributed by atoms with Crippen LogP contribution in [0.15, 0.2) is 48.5 Å². The number of hydrogen-bond donors (Lipinski definition) is 1. The Morgan fingerprint density at radius 1 is 1.06 bits per heavy atom. The molecule has 0 bridgehead atoms. The zero-order chi connectivity index (χ0) is 24.8. The van der Waals surface area contributed by atoms with Gasteiger partial charge in [-0.2, -0.15) is 0 Å². The number of piperazine rings is 1. The number of piperidine rings is 1. The zero-order valence-corrected chi connectivity index (χ0v) is 20.6. The lowest BCUT2D eigenvalue weighted by atomic mass is 9.83. The van der Waals surface area contributed by atoms with Crippen LogP contribution in [-0.4, -0.2) is 75.0 Å². The number of amides is 2. The first-order chi connectivity index (χ1) is 17.0. The fourth-order valence-corrected chi connectivity index (χ4v) is 4.97. The van der Waals surface area contributed by atoms with Gasteiger partial charge in [0.1, 0.15) is 11.6 Å². The van der Waals surface area contributed by atoms with Crippen LogP contribution in [0.2, 0.25) is 0 Å². The molecule has 7 nitrogen and oxygen atoms in total. The van der Waals surface area contributed by atoms with Crippen molar-refractivity contribution in [2.24, 2.45) is 5.92 Å². The summed E-state index contributed by atoms with van der Waals surface area (Å²) in [6.45, 7) is 5.80. The van der Waals surface area contributed by atoms with Crippen LogP contribution in [0.5, 0.6) is 5.75 Å². The van der Waals surface area contributed by atoms with Crippen LogP contribution in [0.1, 0.15) is 30.9 Å². The molecule has 2 aromatic carbocycles. The van der Waals surface area contributed by atoms with Gasteiger partial charge in [-0.1, -0.05) is 12.1 Å². The number of nitrogens with zero attached hydrogens (tertiary/aromatic N) is 3. The number of methoxy groups -OCH3 is 1. The molecule has 8 heteroatoms. The number of carbonyl (C=O) groups excluding carboxylic acids is 2. The van der Waals surface area contributed by atoms with Crippen LogP contribution >= 0.6 is 0 Å². The Morgan fingerprint density at radius 2 is 1.74 bits per heavy atom. The van der Waals surface area contributed by atoms with Gasteiger partial charge in [-0.25, -0.2) is 4.39 Å². The monoisotopic (exact) mass is 482 g/mol. The van der Waals surface area contributed by atoms with E-state index in [0.29, 0.717) is 24.4 Å². The van der Waals surface area contributed by atoms with Gasteiger partial charge < -0.3 is 24.8 Å². The Balaban J connectivity index is 1.48. The maximum Gasteiger partial charge on any atom is 0.227 e. The van der Waals surface area contributed by atoms with Crippen molar-refractivity contribution < 1.29 is 18.7 Å². The van der Waals surface area contributed by atoms with Crippen molar-refractivity contribution in [3.8, 4) is 5.75 Å². The number of benzene rings is 2. The molecule has 35 heavy (non-hydrogen) atoms. The minimum Gasteiger partial charge on any atom is -0.497 e. The quantitative estimate of drug-likeness (QED) is 0.586. The molecule has 1 N–H and O–H groups in total. The van der Waals surface area contributed by atoms with Gasteiger partial charge in [-0.15, -0.1) is 0 Å². The van der Waals surface area contributed by atoms with E-state index < -0.39 is 12.0 Å². The van der Waals surface area contributed by atoms with Crippen molar-refractivity contribution in [3.05, 3.63) is 59.9 Å². The predicted molar refractivity (Wildman–Crippen MR) is 134 cm³/mol. The van der Waals surface area contributed by atoms with Crippen molar-refractivity contribution in [1.29, 1.82) is 0 Å². The highest BCUT2D eigenvalue weighted by Gasteiger charge is 2.41. The van der Waals surface area contributed by atoms with E-state index in [-0.39, 0.29) is 24.1 Å². The molecule has 0 radical (unpaired) electrons. The Labute approximate surface area is 206 Å². The van der Waals surface area contributed by atoms with Gasteiger partial charge >= 0.3 is 0 Å². The van der Waals surface area contributed by atoms with Crippen LogP contribution in [0.4, 0.5) is 10.1 Å². The predicted octanol–water partition coefficient (Wildman–Crippen LogP) is 3.07. The molecule has 2 fully saturated rings. The second-order valence-corrected chi connectivity index (χ2v) is 9.39. The fraction of sp³-hybridized carbons (Fsp3) is 0.481. The summed E-state index contributed by atoms with van der Waals surface area (Å²) in [7, 11) is 3.73. The fourth-order valence-electron chi connectivity index (χ4n) is 4.97. The first-order valence-electron chi connectivity index (χ1n) is 12.4. The molecule has 2 amide bonds. The van der Waals surface area contributed by atoms with Crippen LogP contribution in [0.3, 0.4) is 0 Å². The normalized spacial score (nSPS) is 21.7. The minimum absolute atomic E-state index is 0.0522. The summed E-state index contributed by atoms with van der Waals surface area (Å²) in [5.74, 6) is -0.209. The summed E-state index contributed by atoms with van der Waals surface area (Å²) < 4.78 is 18.9. The smallest absolute Gasteiger partial charge is 0.227 e. The number of nitrogens with one attached hydrogen (secondary N) is 1. The highest BCUT2D eigenvalue weighted by atomic mass is 19.1. The van der Waals surface area contributed by atoms with E-state index in [0.717, 1.165) is 44.7 Å². The van der Waals surface area contributed by atoms with Gasteiger partial charge in [0.05, 0.1) is 19.1 Å². The molecule has 0 saturated carbocycles. The van der Waals surface area contributed by atoms with E-state index in [4.69, 9.17) is 4.74 Å². The largest absolute Gasteiger partial charge is 0.497 e. The Kier molecular flexibility index (Phi) is 8.36. The van der Waals surface area contributed by atoms with E-state index in [9.17, 15) is 14.0 Å². The number of hydrogen-bond acceptors (Lipinski definition) is 5. The van der Waals surface area contributed by atoms with Gasteiger partial charge in [0.25, 0.3) is 0 Å². The van der Waals surface area contributed by atoms with Crippen LogP contribution in [-0.2, 0) is 9.59 Å². The molecule has 2 atom stereocenters. The first kappa shape index (κ1) is 25.1. The number of anilines is 1. The van der Waals surface area contributed by atoms with E-state index in [1.807, 2.05) is 12.1 Å². The van der Waals surface area contributed by atoms with Crippen LogP contribution < -0.4 is 15.0 Å². The van der Waals surface area contributed by atoms with Crippen molar-refractivity contribution in [1.82, 2.24) is 15.1 Å². The molecule has 2 heterocycles. The molecule has 2 aliphatic rings. The highest BCUT2D eigenvalue weighted by molar-refractivity contribution is 5.97. The summed E-state index contributed by atoms with van der Waals surface area (Å²) in [4.78, 5) is 32.9. The molecule has 0 spiro atoms. The molecule has 2 aromatic rings. The van der Waals surface area contributed by atoms with Gasteiger partial charge in [-0.05, 0) is 68.4 Å². The van der Waals surface area contributed by atoms with Gasteiger partial charge in [0, 0.05) is 44.8 Å². The van der Waals surface area contributed by atoms with Gasteiger partial charge in [0.15, 0.2) is 0 Å². The highest BCUT2D eigenvalue weighted by Crippen LogP contribution is 2.40. The first-order valence-corrected chi connectivity index (χ1v) is 12.4.